The standard InChI is InChI=1S/C34H40N3O6PS/c1-23(2)32-33(45-30-17-24(3)16-25(4)18-30)37(31(35-32)20-41-21-38)19-27-12-14-28(15-13-27)42-22-44(36-26(5)34(39)40-6)43-29-10-8-7-9-11-29/h7-18,21,23,26,36H,19-20,22H2,1-6H3. The van der Waals surface area contributed by atoms with Crippen molar-refractivity contribution in [2.24, 2.45) is 0 Å². The quantitative estimate of drug-likeness (QED) is 0.0757. The molecule has 238 valence electrons. The van der Waals surface area contributed by atoms with Crippen molar-refractivity contribution in [2.45, 2.75) is 69.7 Å². The largest absolute Gasteiger partial charge is 0.484 e. The summed E-state index contributed by atoms with van der Waals surface area (Å²) in [5.74, 6) is 1.83. The van der Waals surface area contributed by atoms with Gasteiger partial charge in [0.2, 0.25) is 8.30 Å². The van der Waals surface area contributed by atoms with Crippen LogP contribution in [-0.2, 0) is 32.2 Å². The molecule has 1 N–H and O–H groups in total. The van der Waals surface area contributed by atoms with Gasteiger partial charge in [0.05, 0.1) is 12.8 Å². The average Bonchev–Trinajstić information content (AvgIpc) is 3.35. The summed E-state index contributed by atoms with van der Waals surface area (Å²) < 4.78 is 24.4. The number of rotatable bonds is 16. The van der Waals surface area contributed by atoms with E-state index >= 15 is 0 Å². The fourth-order valence-electron chi connectivity index (χ4n) is 4.62. The van der Waals surface area contributed by atoms with Crippen molar-refractivity contribution in [3.8, 4) is 11.5 Å². The van der Waals surface area contributed by atoms with E-state index in [-0.39, 0.29) is 24.8 Å². The van der Waals surface area contributed by atoms with Crippen LogP contribution < -0.4 is 14.3 Å². The molecule has 0 aliphatic heterocycles. The molecule has 45 heavy (non-hydrogen) atoms. The highest BCUT2D eigenvalue weighted by atomic mass is 32.2. The molecule has 0 spiro atoms. The van der Waals surface area contributed by atoms with Gasteiger partial charge in [0.15, 0.2) is 6.35 Å². The smallest absolute Gasteiger partial charge is 0.322 e. The highest BCUT2D eigenvalue weighted by molar-refractivity contribution is 7.99. The number of hydrogen-bond donors (Lipinski definition) is 1. The number of nitrogens with one attached hydrogen (secondary N) is 1. The molecule has 1 aromatic heterocycles. The Morgan fingerprint density at radius 1 is 1.00 bits per heavy atom. The number of carbonyl (C=O) groups excluding carboxylic acids is 2. The van der Waals surface area contributed by atoms with Gasteiger partial charge >= 0.3 is 5.97 Å². The predicted octanol–water partition coefficient (Wildman–Crippen LogP) is 7.37. The van der Waals surface area contributed by atoms with E-state index in [0.717, 1.165) is 21.2 Å². The Morgan fingerprint density at radius 3 is 2.31 bits per heavy atom. The van der Waals surface area contributed by atoms with Crippen LogP contribution in [0, 0.1) is 13.8 Å². The average molecular weight is 650 g/mol. The normalized spacial score (nSPS) is 12.4. The van der Waals surface area contributed by atoms with Crippen molar-refractivity contribution < 1.29 is 28.3 Å². The summed E-state index contributed by atoms with van der Waals surface area (Å²) in [5.41, 5.74) is 4.39. The zero-order valence-corrected chi connectivity index (χ0v) is 28.2. The van der Waals surface area contributed by atoms with Crippen molar-refractivity contribution in [3.05, 3.63) is 101 Å². The summed E-state index contributed by atoms with van der Waals surface area (Å²) in [6.45, 7) is 11.2. The minimum absolute atomic E-state index is 0.0831. The third-order valence-corrected chi connectivity index (χ3v) is 9.29. The number of para-hydroxylation sites is 1. The van der Waals surface area contributed by atoms with Gasteiger partial charge in [-0.25, -0.2) is 10.1 Å². The first-order valence-electron chi connectivity index (χ1n) is 14.6. The molecule has 2 unspecified atom stereocenters. The van der Waals surface area contributed by atoms with Crippen molar-refractivity contribution in [2.75, 3.05) is 13.5 Å². The van der Waals surface area contributed by atoms with Crippen LogP contribution in [0.4, 0.5) is 0 Å². The molecule has 0 amide bonds. The van der Waals surface area contributed by atoms with Crippen molar-refractivity contribution in [1.82, 2.24) is 14.6 Å². The van der Waals surface area contributed by atoms with Crippen molar-refractivity contribution in [1.29, 1.82) is 0 Å². The molecule has 0 saturated carbocycles. The summed E-state index contributed by atoms with van der Waals surface area (Å²) in [6.07, 6.45) is 0.216. The Morgan fingerprint density at radius 2 is 1.69 bits per heavy atom. The van der Waals surface area contributed by atoms with Gasteiger partial charge in [-0.1, -0.05) is 62.0 Å². The molecule has 0 saturated heterocycles. The summed E-state index contributed by atoms with van der Waals surface area (Å²) in [7, 11) is -0.00688. The van der Waals surface area contributed by atoms with E-state index in [1.54, 1.807) is 18.7 Å². The van der Waals surface area contributed by atoms with Crippen LogP contribution in [0.25, 0.3) is 0 Å². The van der Waals surface area contributed by atoms with Gasteiger partial charge in [0, 0.05) is 11.4 Å². The second-order valence-corrected chi connectivity index (χ2v) is 13.4. The van der Waals surface area contributed by atoms with Gasteiger partial charge in [-0.2, -0.15) is 0 Å². The number of methoxy groups -OCH3 is 1. The minimum atomic E-state index is -1.36. The molecule has 0 radical (unpaired) electrons. The molecule has 1 heterocycles. The van der Waals surface area contributed by atoms with Crippen LogP contribution in [0.2, 0.25) is 0 Å². The third kappa shape index (κ3) is 9.82. The van der Waals surface area contributed by atoms with Gasteiger partial charge in [-0.15, -0.1) is 0 Å². The Labute approximate surface area is 270 Å². The third-order valence-electron chi connectivity index (χ3n) is 6.73. The highest BCUT2D eigenvalue weighted by Crippen LogP contribution is 2.37. The Bertz CT molecular complexity index is 1540. The monoisotopic (exact) mass is 649 g/mol. The van der Waals surface area contributed by atoms with Crippen LogP contribution in [0.15, 0.2) is 82.7 Å². The number of benzene rings is 3. The number of aryl methyl sites for hydroxylation is 2. The van der Waals surface area contributed by atoms with E-state index in [2.05, 4.69) is 55.5 Å². The maximum absolute atomic E-state index is 12.0. The molecular weight excluding hydrogens is 609 g/mol. The van der Waals surface area contributed by atoms with Gasteiger partial charge in [0.25, 0.3) is 6.47 Å². The summed E-state index contributed by atoms with van der Waals surface area (Å²) in [6, 6.07) is 23.2. The number of hydrogen-bond acceptors (Lipinski definition) is 9. The number of carbonyl (C=O) groups is 2. The van der Waals surface area contributed by atoms with E-state index in [4.69, 9.17) is 23.7 Å². The molecule has 11 heteroatoms. The van der Waals surface area contributed by atoms with Crippen LogP contribution in [0.1, 0.15) is 54.9 Å². The predicted molar refractivity (Wildman–Crippen MR) is 177 cm³/mol. The van der Waals surface area contributed by atoms with E-state index in [0.29, 0.717) is 30.3 Å². The van der Waals surface area contributed by atoms with E-state index in [1.807, 2.05) is 54.6 Å². The van der Waals surface area contributed by atoms with E-state index in [9.17, 15) is 9.59 Å². The van der Waals surface area contributed by atoms with Gasteiger partial charge < -0.3 is 23.3 Å². The molecule has 4 rings (SSSR count). The van der Waals surface area contributed by atoms with Crippen LogP contribution in [0.5, 0.6) is 11.5 Å². The van der Waals surface area contributed by atoms with Gasteiger partial charge in [0.1, 0.15) is 35.0 Å². The lowest BCUT2D eigenvalue weighted by Gasteiger charge is -2.22. The molecule has 0 bridgehead atoms. The van der Waals surface area contributed by atoms with Crippen molar-refractivity contribution in [3.63, 3.8) is 0 Å². The maximum atomic E-state index is 12.0. The Kier molecular flexibility index (Phi) is 12.4. The minimum Gasteiger partial charge on any atom is -0.484 e. The second kappa shape index (κ2) is 16.5. The van der Waals surface area contributed by atoms with E-state index < -0.39 is 14.3 Å². The molecule has 0 aliphatic rings. The van der Waals surface area contributed by atoms with Crippen LogP contribution in [0.3, 0.4) is 0 Å². The van der Waals surface area contributed by atoms with Crippen LogP contribution >= 0.6 is 20.1 Å². The molecule has 0 aliphatic carbocycles. The Hall–Kier alpha value is -3.85. The fraction of sp³-hybridized carbons (Fsp3) is 0.324. The highest BCUT2D eigenvalue weighted by Gasteiger charge is 2.23. The lowest BCUT2D eigenvalue weighted by atomic mass is 10.1. The van der Waals surface area contributed by atoms with Crippen molar-refractivity contribution >= 4 is 32.5 Å². The van der Waals surface area contributed by atoms with E-state index in [1.165, 1.54) is 18.2 Å². The molecule has 4 aromatic rings. The topological polar surface area (TPSA) is 101 Å². The number of aromatic nitrogens is 2. The zero-order chi connectivity index (χ0) is 32.3. The van der Waals surface area contributed by atoms with Gasteiger partial charge in [-0.3, -0.25) is 9.59 Å². The fourth-order valence-corrected chi connectivity index (χ4v) is 7.36. The zero-order valence-electron chi connectivity index (χ0n) is 26.5. The molecule has 2 atom stereocenters. The Balaban J connectivity index is 1.53. The molecule has 3 aromatic carbocycles. The molecule has 0 fully saturated rings. The number of imidazole rings is 1. The lowest BCUT2D eigenvalue weighted by molar-refractivity contribution is -0.142. The number of esters is 1. The first-order chi connectivity index (χ1) is 21.7. The number of ether oxygens (including phenoxy) is 3. The van der Waals surface area contributed by atoms with Crippen LogP contribution in [-0.4, -0.2) is 41.5 Å². The summed E-state index contributed by atoms with van der Waals surface area (Å²) >= 11 is 1.67. The second-order valence-electron chi connectivity index (χ2n) is 10.9. The maximum Gasteiger partial charge on any atom is 0.322 e. The summed E-state index contributed by atoms with van der Waals surface area (Å²) in [4.78, 5) is 29.2. The van der Waals surface area contributed by atoms with Gasteiger partial charge in [-0.05, 0) is 79.8 Å². The first-order valence-corrected chi connectivity index (χ1v) is 16.9. The first kappa shape index (κ1) is 34.0. The molecule has 9 nitrogen and oxygen atoms in total. The number of nitrogens with zero attached hydrogens (tertiary/aromatic N) is 2. The lowest BCUT2D eigenvalue weighted by Crippen LogP contribution is -2.33. The summed E-state index contributed by atoms with van der Waals surface area (Å²) in [5, 5.41) is 4.21. The molecular formula is C34H40N3O6PS. The SMILES string of the molecule is COC(=O)C(C)NP(COc1ccc(Cn2c(COC=O)nc(C(C)C)c2Sc2cc(C)cc(C)c2)cc1)Oc1ccccc1.